The van der Waals surface area contributed by atoms with E-state index in [2.05, 4.69) is 52.4 Å². The van der Waals surface area contributed by atoms with Crippen molar-refractivity contribution < 1.29 is 9.59 Å². The van der Waals surface area contributed by atoms with Crippen LogP contribution in [-0.4, -0.2) is 34.6 Å². The van der Waals surface area contributed by atoms with Crippen LogP contribution < -0.4 is 5.32 Å². The van der Waals surface area contributed by atoms with E-state index in [-0.39, 0.29) is 17.9 Å². The molecule has 3 aromatic carbocycles. The SMILES string of the molecule is Cc1cccc(CSCC(=O)N(Cc2cccc(Br)c2)[C@@H](Cc2ccccc2)C(=O)NC2CCCCC2)c1. The van der Waals surface area contributed by atoms with Gasteiger partial charge < -0.3 is 10.2 Å². The molecule has 0 spiro atoms. The second-order valence-corrected chi connectivity index (χ2v) is 12.1. The molecular formula is C32H37BrN2O2S. The van der Waals surface area contributed by atoms with Crippen molar-refractivity contribution in [3.8, 4) is 0 Å². The number of halogens is 1. The Morgan fingerprint density at radius 2 is 1.63 bits per heavy atom. The first-order valence-electron chi connectivity index (χ1n) is 13.5. The molecule has 0 bridgehead atoms. The van der Waals surface area contributed by atoms with Crippen LogP contribution in [0.4, 0.5) is 0 Å². The molecule has 4 nitrogen and oxygen atoms in total. The molecule has 1 saturated carbocycles. The third kappa shape index (κ3) is 8.74. The molecule has 2 amide bonds. The first kappa shape index (κ1) is 28.4. The average molecular weight is 594 g/mol. The second-order valence-electron chi connectivity index (χ2n) is 10.2. The van der Waals surface area contributed by atoms with Crippen LogP contribution in [0.3, 0.4) is 0 Å². The van der Waals surface area contributed by atoms with Gasteiger partial charge in [0, 0.05) is 29.2 Å². The summed E-state index contributed by atoms with van der Waals surface area (Å²) in [6.45, 7) is 2.47. The molecule has 1 atom stereocenters. The van der Waals surface area contributed by atoms with Crippen molar-refractivity contribution in [1.82, 2.24) is 10.2 Å². The number of amides is 2. The number of rotatable bonds is 11. The number of hydrogen-bond donors (Lipinski definition) is 1. The van der Waals surface area contributed by atoms with E-state index in [1.54, 1.807) is 16.7 Å². The van der Waals surface area contributed by atoms with Gasteiger partial charge in [0.25, 0.3) is 0 Å². The Labute approximate surface area is 239 Å². The predicted octanol–water partition coefficient (Wildman–Crippen LogP) is 7.08. The summed E-state index contributed by atoms with van der Waals surface area (Å²) in [5.41, 5.74) is 4.47. The van der Waals surface area contributed by atoms with Crippen LogP contribution in [0, 0.1) is 6.92 Å². The van der Waals surface area contributed by atoms with Crippen molar-refractivity contribution in [3.05, 3.63) is 106 Å². The fraction of sp³-hybridized carbons (Fsp3) is 0.375. The molecule has 4 rings (SSSR count). The van der Waals surface area contributed by atoms with Crippen LogP contribution >= 0.6 is 27.7 Å². The van der Waals surface area contributed by atoms with E-state index in [1.165, 1.54) is 17.5 Å². The first-order valence-corrected chi connectivity index (χ1v) is 15.4. The van der Waals surface area contributed by atoms with Crippen LogP contribution in [0.25, 0.3) is 0 Å². The Morgan fingerprint density at radius 3 is 2.37 bits per heavy atom. The smallest absolute Gasteiger partial charge is 0.243 e. The van der Waals surface area contributed by atoms with E-state index in [0.29, 0.717) is 18.7 Å². The van der Waals surface area contributed by atoms with Crippen LogP contribution in [-0.2, 0) is 28.3 Å². The van der Waals surface area contributed by atoms with E-state index in [9.17, 15) is 9.59 Å². The highest BCUT2D eigenvalue weighted by Crippen LogP contribution is 2.22. The molecule has 200 valence electrons. The highest BCUT2D eigenvalue weighted by molar-refractivity contribution is 9.10. The zero-order valence-electron chi connectivity index (χ0n) is 22.1. The van der Waals surface area contributed by atoms with Crippen molar-refractivity contribution >= 4 is 39.5 Å². The second kappa shape index (κ2) is 14.5. The van der Waals surface area contributed by atoms with E-state index >= 15 is 0 Å². The fourth-order valence-corrected chi connectivity index (χ4v) is 6.38. The minimum atomic E-state index is -0.578. The Morgan fingerprint density at radius 1 is 0.921 bits per heavy atom. The zero-order valence-corrected chi connectivity index (χ0v) is 24.5. The average Bonchev–Trinajstić information content (AvgIpc) is 2.92. The standard InChI is InChI=1S/C32H37BrN2O2S/c1-24-10-8-14-27(18-24)22-38-23-31(36)35(21-26-13-9-15-28(33)19-26)30(20-25-11-4-2-5-12-25)32(37)34-29-16-6-3-7-17-29/h2,4-5,8-15,18-19,29-30H,3,6-7,16-17,20-23H2,1H3,(H,34,37)/t30-/m0/s1. The monoisotopic (exact) mass is 592 g/mol. The molecule has 0 saturated heterocycles. The molecule has 3 aromatic rings. The number of carbonyl (C=O) groups is 2. The predicted molar refractivity (Wildman–Crippen MR) is 161 cm³/mol. The maximum Gasteiger partial charge on any atom is 0.243 e. The third-order valence-corrected chi connectivity index (χ3v) is 8.52. The van der Waals surface area contributed by atoms with Gasteiger partial charge in [-0.25, -0.2) is 0 Å². The lowest BCUT2D eigenvalue weighted by Crippen LogP contribution is -2.53. The molecule has 38 heavy (non-hydrogen) atoms. The van der Waals surface area contributed by atoms with Crippen LogP contribution in [0.2, 0.25) is 0 Å². The van der Waals surface area contributed by atoms with Gasteiger partial charge in [0.1, 0.15) is 6.04 Å². The fourth-order valence-electron chi connectivity index (χ4n) is 5.07. The van der Waals surface area contributed by atoms with Crippen molar-refractivity contribution in [2.24, 2.45) is 0 Å². The number of hydrogen-bond acceptors (Lipinski definition) is 3. The van der Waals surface area contributed by atoms with E-state index in [4.69, 9.17) is 0 Å². The lowest BCUT2D eigenvalue weighted by Gasteiger charge is -2.33. The molecule has 1 N–H and O–H groups in total. The van der Waals surface area contributed by atoms with Gasteiger partial charge in [-0.15, -0.1) is 11.8 Å². The minimum Gasteiger partial charge on any atom is -0.352 e. The van der Waals surface area contributed by atoms with E-state index in [1.807, 2.05) is 54.6 Å². The van der Waals surface area contributed by atoms with Gasteiger partial charge in [-0.1, -0.05) is 107 Å². The number of benzene rings is 3. The van der Waals surface area contributed by atoms with Crippen LogP contribution in [0.5, 0.6) is 0 Å². The van der Waals surface area contributed by atoms with E-state index in [0.717, 1.165) is 47.0 Å². The Hall–Kier alpha value is -2.57. The molecule has 0 unspecified atom stereocenters. The first-order chi connectivity index (χ1) is 18.5. The van der Waals surface area contributed by atoms with Crippen LogP contribution in [0.1, 0.15) is 54.4 Å². The van der Waals surface area contributed by atoms with Gasteiger partial charge in [-0.2, -0.15) is 0 Å². The Balaban J connectivity index is 1.56. The normalized spacial score (nSPS) is 14.6. The molecule has 1 aliphatic rings. The highest BCUT2D eigenvalue weighted by Gasteiger charge is 2.31. The molecule has 0 radical (unpaired) electrons. The maximum atomic E-state index is 13.8. The summed E-state index contributed by atoms with van der Waals surface area (Å²) >= 11 is 5.17. The molecule has 0 heterocycles. The number of carbonyl (C=O) groups excluding carboxylic acids is 2. The Bertz CT molecular complexity index is 1200. The lowest BCUT2D eigenvalue weighted by molar-refractivity contribution is -0.139. The summed E-state index contributed by atoms with van der Waals surface area (Å²) in [7, 11) is 0. The number of nitrogens with zero attached hydrogens (tertiary/aromatic N) is 1. The van der Waals surface area contributed by atoms with Gasteiger partial charge in [0.05, 0.1) is 5.75 Å². The third-order valence-electron chi connectivity index (χ3n) is 7.04. The van der Waals surface area contributed by atoms with Crippen molar-refractivity contribution in [2.45, 2.75) is 69.8 Å². The molecule has 0 aromatic heterocycles. The molecule has 1 aliphatic carbocycles. The van der Waals surface area contributed by atoms with Crippen LogP contribution in [0.15, 0.2) is 83.3 Å². The number of nitrogens with one attached hydrogen (secondary N) is 1. The highest BCUT2D eigenvalue weighted by atomic mass is 79.9. The summed E-state index contributed by atoms with van der Waals surface area (Å²) in [5, 5.41) is 3.31. The largest absolute Gasteiger partial charge is 0.352 e. The molecular weight excluding hydrogens is 556 g/mol. The van der Waals surface area contributed by atoms with Crippen molar-refractivity contribution in [3.63, 3.8) is 0 Å². The number of aryl methyl sites for hydroxylation is 1. The van der Waals surface area contributed by atoms with Gasteiger partial charge in [-0.3, -0.25) is 9.59 Å². The molecule has 6 heteroatoms. The number of thioether (sulfide) groups is 1. The lowest BCUT2D eigenvalue weighted by atomic mass is 9.94. The Kier molecular flexibility index (Phi) is 10.9. The zero-order chi connectivity index (χ0) is 26.7. The molecule has 0 aliphatic heterocycles. The van der Waals surface area contributed by atoms with E-state index < -0.39 is 6.04 Å². The van der Waals surface area contributed by atoms with Gasteiger partial charge >= 0.3 is 0 Å². The summed E-state index contributed by atoms with van der Waals surface area (Å²) in [4.78, 5) is 29.5. The molecule has 1 fully saturated rings. The topological polar surface area (TPSA) is 49.4 Å². The minimum absolute atomic E-state index is 0.0117. The van der Waals surface area contributed by atoms with Gasteiger partial charge in [0.2, 0.25) is 11.8 Å². The van der Waals surface area contributed by atoms with Crippen molar-refractivity contribution in [1.29, 1.82) is 0 Å². The quantitative estimate of drug-likeness (QED) is 0.259. The maximum absolute atomic E-state index is 13.8. The summed E-state index contributed by atoms with van der Waals surface area (Å²) in [6.07, 6.45) is 6.02. The van der Waals surface area contributed by atoms with Gasteiger partial charge in [-0.05, 0) is 48.6 Å². The van der Waals surface area contributed by atoms with Gasteiger partial charge in [0.15, 0.2) is 0 Å². The summed E-state index contributed by atoms with van der Waals surface area (Å²) < 4.78 is 0.961. The summed E-state index contributed by atoms with van der Waals surface area (Å²) in [6, 6.07) is 26.0. The van der Waals surface area contributed by atoms with Crippen molar-refractivity contribution in [2.75, 3.05) is 5.75 Å². The summed E-state index contributed by atoms with van der Waals surface area (Å²) in [5.74, 6) is 1.02.